The van der Waals surface area contributed by atoms with E-state index in [-0.39, 0.29) is 11.6 Å². The van der Waals surface area contributed by atoms with Crippen molar-refractivity contribution in [3.05, 3.63) is 0 Å². The Kier molecular flexibility index (Phi) is 5.20. The van der Waals surface area contributed by atoms with Gasteiger partial charge in [-0.05, 0) is 39.0 Å². The van der Waals surface area contributed by atoms with Gasteiger partial charge in [-0.25, -0.2) is 9.59 Å². The molecule has 3 saturated heterocycles. The molecule has 2 amide bonds. The van der Waals surface area contributed by atoms with Crippen molar-refractivity contribution in [3.8, 4) is 0 Å². The molecule has 0 aromatic rings. The molecule has 4 rings (SSSR count). The standard InChI is InChI=1S/C19H32N4O4/c1-19(9-12-22(13-19)27-18(25)26-2)21-10-7-14(8-11-21)23-16-6-4-3-5-15(16)20-17(23)24/h14-16H,3-13H2,1-2H3,(H,20,24)/t15-,16-,19?/m0/s1. The Morgan fingerprint density at radius 1 is 1.15 bits per heavy atom. The van der Waals surface area contributed by atoms with Crippen LogP contribution in [0.25, 0.3) is 0 Å². The molecule has 1 unspecified atom stereocenters. The van der Waals surface area contributed by atoms with E-state index >= 15 is 0 Å². The summed E-state index contributed by atoms with van der Waals surface area (Å²) < 4.78 is 4.59. The number of nitrogens with one attached hydrogen (secondary N) is 1. The van der Waals surface area contributed by atoms with Crippen LogP contribution in [-0.2, 0) is 9.57 Å². The third kappa shape index (κ3) is 3.61. The van der Waals surface area contributed by atoms with Crippen LogP contribution in [0.1, 0.15) is 51.9 Å². The number of carbonyl (C=O) groups excluding carboxylic acids is 2. The van der Waals surface area contributed by atoms with E-state index in [9.17, 15) is 9.59 Å². The molecule has 0 spiro atoms. The number of hydrogen-bond donors (Lipinski definition) is 1. The molecule has 0 bridgehead atoms. The Hall–Kier alpha value is -1.54. The van der Waals surface area contributed by atoms with Crippen LogP contribution in [0.2, 0.25) is 0 Å². The molecule has 8 heteroatoms. The number of piperidine rings is 1. The van der Waals surface area contributed by atoms with Crippen molar-refractivity contribution in [1.82, 2.24) is 20.2 Å². The number of hydroxylamine groups is 2. The first-order chi connectivity index (χ1) is 13.0. The summed E-state index contributed by atoms with van der Waals surface area (Å²) in [7, 11) is 1.33. The molecule has 1 N–H and O–H groups in total. The molecule has 1 aliphatic carbocycles. The van der Waals surface area contributed by atoms with Gasteiger partial charge in [0.15, 0.2) is 0 Å². The molecule has 3 heterocycles. The van der Waals surface area contributed by atoms with Crippen molar-refractivity contribution < 1.29 is 19.2 Å². The molecule has 8 nitrogen and oxygen atoms in total. The van der Waals surface area contributed by atoms with Crippen LogP contribution in [0.5, 0.6) is 0 Å². The first kappa shape index (κ1) is 18.8. The monoisotopic (exact) mass is 380 g/mol. The van der Waals surface area contributed by atoms with Crippen molar-refractivity contribution in [1.29, 1.82) is 0 Å². The van der Waals surface area contributed by atoms with E-state index in [0.717, 1.165) is 51.7 Å². The Labute approximate surface area is 161 Å². The van der Waals surface area contributed by atoms with Crippen molar-refractivity contribution >= 4 is 12.2 Å². The average molecular weight is 380 g/mol. The lowest BCUT2D eigenvalue weighted by Gasteiger charge is -2.45. The Balaban J connectivity index is 1.32. The lowest BCUT2D eigenvalue weighted by molar-refractivity contribution is -0.116. The van der Waals surface area contributed by atoms with E-state index in [1.54, 1.807) is 5.06 Å². The number of amides is 2. The smallest absolute Gasteiger partial charge is 0.436 e. The summed E-state index contributed by atoms with van der Waals surface area (Å²) in [6.45, 7) is 5.63. The largest absolute Gasteiger partial charge is 0.527 e. The second kappa shape index (κ2) is 7.47. The van der Waals surface area contributed by atoms with Gasteiger partial charge in [-0.1, -0.05) is 12.8 Å². The van der Waals surface area contributed by atoms with Crippen molar-refractivity contribution in [2.24, 2.45) is 0 Å². The zero-order valence-electron chi connectivity index (χ0n) is 16.5. The zero-order valence-corrected chi connectivity index (χ0v) is 16.5. The summed E-state index contributed by atoms with van der Waals surface area (Å²) >= 11 is 0. The number of nitrogens with zero attached hydrogens (tertiary/aromatic N) is 3. The quantitative estimate of drug-likeness (QED) is 0.755. The minimum atomic E-state index is -0.653. The van der Waals surface area contributed by atoms with E-state index in [0.29, 0.717) is 24.7 Å². The lowest BCUT2D eigenvalue weighted by Crippen LogP contribution is -2.56. The number of methoxy groups -OCH3 is 1. The number of fused-ring (bicyclic) bond motifs is 1. The highest BCUT2D eigenvalue weighted by molar-refractivity contribution is 5.78. The highest BCUT2D eigenvalue weighted by Crippen LogP contribution is 2.35. The van der Waals surface area contributed by atoms with Crippen molar-refractivity contribution in [3.63, 3.8) is 0 Å². The zero-order chi connectivity index (χ0) is 19.0. The van der Waals surface area contributed by atoms with Crippen LogP contribution in [0.3, 0.4) is 0 Å². The Morgan fingerprint density at radius 2 is 1.89 bits per heavy atom. The predicted molar refractivity (Wildman–Crippen MR) is 99.1 cm³/mol. The van der Waals surface area contributed by atoms with Crippen LogP contribution in [0.15, 0.2) is 0 Å². The van der Waals surface area contributed by atoms with Gasteiger partial charge in [0, 0.05) is 31.2 Å². The fourth-order valence-electron chi connectivity index (χ4n) is 5.50. The Bertz CT molecular complexity index is 580. The molecule has 0 radical (unpaired) electrons. The van der Waals surface area contributed by atoms with E-state index in [1.165, 1.54) is 20.0 Å². The van der Waals surface area contributed by atoms with Gasteiger partial charge in [-0.15, -0.1) is 5.06 Å². The van der Waals surface area contributed by atoms with Gasteiger partial charge >= 0.3 is 12.2 Å². The first-order valence-corrected chi connectivity index (χ1v) is 10.3. The maximum atomic E-state index is 12.5. The Morgan fingerprint density at radius 3 is 2.63 bits per heavy atom. The van der Waals surface area contributed by atoms with Crippen LogP contribution < -0.4 is 5.32 Å². The van der Waals surface area contributed by atoms with Gasteiger partial charge in [0.2, 0.25) is 0 Å². The molecule has 1 saturated carbocycles. The summed E-state index contributed by atoms with van der Waals surface area (Å²) in [5.41, 5.74) is -0.000364. The van der Waals surface area contributed by atoms with Crippen LogP contribution in [0, 0.1) is 0 Å². The minimum Gasteiger partial charge on any atom is -0.436 e. The van der Waals surface area contributed by atoms with Crippen LogP contribution in [-0.4, -0.2) is 84.0 Å². The predicted octanol–water partition coefficient (Wildman–Crippen LogP) is 1.95. The van der Waals surface area contributed by atoms with Gasteiger partial charge < -0.3 is 19.8 Å². The molecule has 27 heavy (non-hydrogen) atoms. The molecule has 4 aliphatic rings. The summed E-state index contributed by atoms with van der Waals surface area (Å²) in [6.07, 6.45) is 7.08. The van der Waals surface area contributed by atoms with Crippen molar-refractivity contribution in [2.75, 3.05) is 33.3 Å². The number of rotatable bonds is 3. The molecule has 3 atom stereocenters. The molecular weight excluding hydrogens is 348 g/mol. The molecule has 0 aromatic heterocycles. The molecule has 152 valence electrons. The third-order valence-corrected chi connectivity index (χ3v) is 7.04. The highest BCUT2D eigenvalue weighted by Gasteiger charge is 2.47. The molecule has 0 aromatic carbocycles. The maximum absolute atomic E-state index is 12.5. The SMILES string of the molecule is COC(=O)ON1CCC(C)(N2CCC(N3C(=O)N[C@H]4CCCC[C@@H]43)CC2)C1. The number of hydrogen-bond acceptors (Lipinski definition) is 6. The maximum Gasteiger partial charge on any atom is 0.527 e. The number of likely N-dealkylation sites (tertiary alicyclic amines) is 1. The van der Waals surface area contributed by atoms with Crippen LogP contribution >= 0.6 is 0 Å². The van der Waals surface area contributed by atoms with E-state index < -0.39 is 6.16 Å². The topological polar surface area (TPSA) is 74.4 Å². The van der Waals surface area contributed by atoms with Crippen molar-refractivity contribution in [2.45, 2.75) is 75.5 Å². The molecular formula is C19H32N4O4. The fraction of sp³-hybridized carbons (Fsp3) is 0.895. The third-order valence-electron chi connectivity index (χ3n) is 7.04. The van der Waals surface area contributed by atoms with E-state index in [1.807, 2.05) is 0 Å². The van der Waals surface area contributed by atoms with Gasteiger partial charge in [0.05, 0.1) is 25.7 Å². The van der Waals surface area contributed by atoms with Crippen LogP contribution in [0.4, 0.5) is 9.59 Å². The number of urea groups is 1. The van der Waals surface area contributed by atoms with E-state index in [2.05, 4.69) is 26.8 Å². The minimum absolute atomic E-state index is 0.000364. The fourth-order valence-corrected chi connectivity index (χ4v) is 5.50. The summed E-state index contributed by atoms with van der Waals surface area (Å²) in [4.78, 5) is 33.8. The number of ether oxygens (including phenoxy) is 1. The van der Waals surface area contributed by atoms with Gasteiger partial charge in [-0.3, -0.25) is 4.90 Å². The first-order valence-electron chi connectivity index (χ1n) is 10.3. The molecule has 3 aliphatic heterocycles. The van der Waals surface area contributed by atoms with E-state index in [4.69, 9.17) is 4.84 Å². The lowest BCUT2D eigenvalue weighted by atomic mass is 9.88. The molecule has 4 fully saturated rings. The average Bonchev–Trinajstić information content (AvgIpc) is 3.21. The second-order valence-electron chi connectivity index (χ2n) is 8.69. The highest BCUT2D eigenvalue weighted by atomic mass is 16.8. The summed E-state index contributed by atoms with van der Waals surface area (Å²) in [6, 6.07) is 1.26. The summed E-state index contributed by atoms with van der Waals surface area (Å²) in [5.74, 6) is 0. The summed E-state index contributed by atoms with van der Waals surface area (Å²) in [5, 5.41) is 4.92. The second-order valence-corrected chi connectivity index (χ2v) is 8.69. The number of carbonyl (C=O) groups is 2. The van der Waals surface area contributed by atoms with Gasteiger partial charge in [0.1, 0.15) is 0 Å². The van der Waals surface area contributed by atoms with Gasteiger partial charge in [0.25, 0.3) is 0 Å². The van der Waals surface area contributed by atoms with Gasteiger partial charge in [-0.2, -0.15) is 0 Å². The normalized spacial score (nSPS) is 35.8.